The molecule has 0 aliphatic heterocycles. The molecule has 0 saturated carbocycles. The van der Waals surface area contributed by atoms with Gasteiger partial charge in [-0.1, -0.05) is 0 Å². The molecule has 5 heteroatoms. The maximum absolute atomic E-state index is 11.8. The molecule has 86 valence electrons. The molecule has 0 fully saturated rings. The Morgan fingerprint density at radius 1 is 1.27 bits per heavy atom. The summed E-state index contributed by atoms with van der Waals surface area (Å²) in [5.41, 5.74) is 5.99. The third-order valence-electron chi connectivity index (χ3n) is 2.29. The average molecular weight is 212 g/mol. The molecule has 0 saturated heterocycles. The number of nitrogens with two attached hydrogens (primary N) is 1. The number of anilines is 2. The average Bonchev–Trinajstić information content (AvgIpc) is 2.41. The highest BCUT2D eigenvalue weighted by Crippen LogP contribution is 2.16. The van der Waals surface area contributed by atoms with E-state index in [1.54, 1.807) is 4.68 Å². The van der Waals surface area contributed by atoms with Crippen LogP contribution < -0.4 is 16.6 Å². The summed E-state index contributed by atoms with van der Waals surface area (Å²) < 4.78 is 3.54. The second kappa shape index (κ2) is 4.42. The van der Waals surface area contributed by atoms with Crippen LogP contribution in [0.3, 0.4) is 0 Å². The predicted molar refractivity (Wildman–Crippen MR) is 63.2 cm³/mol. The molecule has 3 N–H and O–H groups in total. The topological polar surface area (TPSA) is 65.0 Å². The minimum absolute atomic E-state index is 0.109. The summed E-state index contributed by atoms with van der Waals surface area (Å²) in [5.74, 6) is 0.736. The van der Waals surface area contributed by atoms with Gasteiger partial charge < -0.3 is 11.1 Å². The zero-order valence-corrected chi connectivity index (χ0v) is 9.87. The van der Waals surface area contributed by atoms with Crippen LogP contribution in [-0.2, 0) is 13.1 Å². The summed E-state index contributed by atoms with van der Waals surface area (Å²) >= 11 is 0. The van der Waals surface area contributed by atoms with Crippen LogP contribution in [0.2, 0.25) is 0 Å². The Balaban J connectivity index is 3.30. The van der Waals surface area contributed by atoms with Gasteiger partial charge in [-0.25, -0.2) is 4.68 Å². The fraction of sp³-hybridized carbons (Fsp3) is 0.700. The lowest BCUT2D eigenvalue weighted by Gasteiger charge is -2.15. The van der Waals surface area contributed by atoms with Crippen molar-refractivity contribution in [3.05, 3.63) is 10.4 Å². The molecule has 0 radical (unpaired) electrons. The summed E-state index contributed by atoms with van der Waals surface area (Å²) in [6.45, 7) is 9.34. The molecule has 1 rings (SSSR count). The molecule has 0 aliphatic carbocycles. The van der Waals surface area contributed by atoms with E-state index in [0.717, 1.165) is 12.4 Å². The molecule has 0 spiro atoms. The van der Waals surface area contributed by atoms with Crippen molar-refractivity contribution in [1.82, 2.24) is 9.36 Å². The quantitative estimate of drug-likeness (QED) is 0.785. The molecule has 0 atom stereocenters. The smallest absolute Gasteiger partial charge is 0.292 e. The van der Waals surface area contributed by atoms with E-state index in [0.29, 0.717) is 12.2 Å². The van der Waals surface area contributed by atoms with Crippen LogP contribution >= 0.6 is 0 Å². The van der Waals surface area contributed by atoms with E-state index in [4.69, 9.17) is 5.73 Å². The molecule has 1 heterocycles. The molecule has 0 unspecified atom stereocenters. The van der Waals surface area contributed by atoms with Crippen molar-refractivity contribution >= 4 is 11.5 Å². The van der Waals surface area contributed by atoms with E-state index in [9.17, 15) is 4.79 Å². The molecule has 1 aromatic rings. The van der Waals surface area contributed by atoms with Gasteiger partial charge in [0.25, 0.3) is 5.56 Å². The second-order valence-corrected chi connectivity index (χ2v) is 3.80. The third kappa shape index (κ3) is 2.00. The van der Waals surface area contributed by atoms with E-state index < -0.39 is 0 Å². The van der Waals surface area contributed by atoms with Gasteiger partial charge >= 0.3 is 0 Å². The molecular weight excluding hydrogens is 192 g/mol. The zero-order chi connectivity index (χ0) is 11.6. The maximum Gasteiger partial charge on any atom is 0.292 e. The molecule has 0 bridgehead atoms. The van der Waals surface area contributed by atoms with Crippen molar-refractivity contribution in [3.8, 4) is 0 Å². The van der Waals surface area contributed by atoms with Gasteiger partial charge in [0, 0.05) is 19.1 Å². The Labute approximate surface area is 89.9 Å². The van der Waals surface area contributed by atoms with Gasteiger partial charge in [-0.05, 0) is 27.7 Å². The standard InChI is InChI=1S/C10H20N4O/c1-5-13-9(12-7(3)4)8(11)10(15)14(13)6-2/h7,12H,5-6,11H2,1-4H3. The van der Waals surface area contributed by atoms with E-state index in [1.807, 2.05) is 32.4 Å². The minimum Gasteiger partial charge on any atom is -0.391 e. The van der Waals surface area contributed by atoms with Crippen molar-refractivity contribution in [1.29, 1.82) is 0 Å². The fourth-order valence-electron chi connectivity index (χ4n) is 1.68. The van der Waals surface area contributed by atoms with Gasteiger partial charge in [-0.15, -0.1) is 0 Å². The van der Waals surface area contributed by atoms with Crippen LogP contribution in [0.5, 0.6) is 0 Å². The third-order valence-corrected chi connectivity index (χ3v) is 2.29. The van der Waals surface area contributed by atoms with Gasteiger partial charge in [0.2, 0.25) is 0 Å². The van der Waals surface area contributed by atoms with Crippen molar-refractivity contribution in [3.63, 3.8) is 0 Å². The number of nitrogens with one attached hydrogen (secondary N) is 1. The van der Waals surface area contributed by atoms with Crippen molar-refractivity contribution < 1.29 is 0 Å². The van der Waals surface area contributed by atoms with Gasteiger partial charge in [0.05, 0.1) is 0 Å². The number of rotatable bonds is 4. The molecule has 0 amide bonds. The first kappa shape index (κ1) is 11.7. The highest BCUT2D eigenvalue weighted by atomic mass is 16.1. The Hall–Kier alpha value is -1.39. The lowest BCUT2D eigenvalue weighted by Crippen LogP contribution is -2.23. The predicted octanol–water partition coefficient (Wildman–Crippen LogP) is 1.09. The summed E-state index contributed by atoms with van der Waals surface area (Å²) in [6.07, 6.45) is 0. The zero-order valence-electron chi connectivity index (χ0n) is 9.87. The van der Waals surface area contributed by atoms with Crippen LogP contribution in [0.25, 0.3) is 0 Å². The van der Waals surface area contributed by atoms with Crippen LogP contribution in [0.15, 0.2) is 4.79 Å². The normalized spacial score (nSPS) is 11.0. The summed E-state index contributed by atoms with van der Waals surface area (Å²) in [5, 5.41) is 3.21. The van der Waals surface area contributed by atoms with Gasteiger partial charge in [0.1, 0.15) is 5.69 Å². The number of hydrogen-bond donors (Lipinski definition) is 2. The maximum atomic E-state index is 11.8. The summed E-state index contributed by atoms with van der Waals surface area (Å²) in [4.78, 5) is 11.8. The van der Waals surface area contributed by atoms with Crippen molar-refractivity contribution in [2.24, 2.45) is 0 Å². The Bertz CT molecular complexity index is 389. The van der Waals surface area contributed by atoms with Crippen molar-refractivity contribution in [2.75, 3.05) is 11.1 Å². The van der Waals surface area contributed by atoms with Crippen LogP contribution in [0.4, 0.5) is 11.5 Å². The highest BCUT2D eigenvalue weighted by Gasteiger charge is 2.15. The van der Waals surface area contributed by atoms with Crippen molar-refractivity contribution in [2.45, 2.75) is 46.8 Å². The number of aromatic nitrogens is 2. The summed E-state index contributed by atoms with van der Waals surface area (Å²) in [7, 11) is 0. The largest absolute Gasteiger partial charge is 0.391 e. The second-order valence-electron chi connectivity index (χ2n) is 3.80. The number of nitrogens with zero attached hydrogens (tertiary/aromatic N) is 2. The Kier molecular flexibility index (Phi) is 3.44. The first-order chi connectivity index (χ1) is 7.02. The molecule has 15 heavy (non-hydrogen) atoms. The lowest BCUT2D eigenvalue weighted by atomic mass is 10.4. The molecular formula is C10H20N4O. The SMILES string of the molecule is CCn1c(NC(C)C)c(N)c(=O)n1CC. The van der Waals surface area contributed by atoms with Gasteiger partial charge in [-0.3, -0.25) is 9.48 Å². The molecule has 1 aromatic heterocycles. The minimum atomic E-state index is -0.109. The molecule has 5 nitrogen and oxygen atoms in total. The lowest BCUT2D eigenvalue weighted by molar-refractivity contribution is 0.480. The highest BCUT2D eigenvalue weighted by molar-refractivity contribution is 5.61. The van der Waals surface area contributed by atoms with Crippen LogP contribution in [0, 0.1) is 0 Å². The summed E-state index contributed by atoms with van der Waals surface area (Å²) in [6, 6.07) is 0.261. The number of hydrogen-bond acceptors (Lipinski definition) is 3. The van der Waals surface area contributed by atoms with Gasteiger partial charge in [-0.2, -0.15) is 0 Å². The van der Waals surface area contributed by atoms with Gasteiger partial charge in [0.15, 0.2) is 5.82 Å². The Morgan fingerprint density at radius 2 is 1.80 bits per heavy atom. The monoisotopic (exact) mass is 212 g/mol. The van der Waals surface area contributed by atoms with Crippen LogP contribution in [0.1, 0.15) is 27.7 Å². The van der Waals surface area contributed by atoms with E-state index in [1.165, 1.54) is 0 Å². The molecule has 0 aliphatic rings. The fourth-order valence-corrected chi connectivity index (χ4v) is 1.68. The van der Waals surface area contributed by atoms with E-state index in [-0.39, 0.29) is 11.6 Å². The molecule has 0 aromatic carbocycles. The first-order valence-corrected chi connectivity index (χ1v) is 5.38. The Morgan fingerprint density at radius 3 is 2.20 bits per heavy atom. The number of nitrogen functional groups attached to an aromatic ring is 1. The van der Waals surface area contributed by atoms with E-state index in [2.05, 4.69) is 5.32 Å². The van der Waals surface area contributed by atoms with Crippen LogP contribution in [-0.4, -0.2) is 15.4 Å². The van der Waals surface area contributed by atoms with E-state index >= 15 is 0 Å². The first-order valence-electron chi connectivity index (χ1n) is 5.38.